The Balaban J connectivity index is 1.36. The second-order valence-electron chi connectivity index (χ2n) is 7.44. The predicted octanol–water partition coefficient (Wildman–Crippen LogP) is 2.24. The van der Waals surface area contributed by atoms with Gasteiger partial charge in [-0.2, -0.15) is 0 Å². The van der Waals surface area contributed by atoms with Crippen molar-refractivity contribution in [3.05, 3.63) is 0 Å². The highest BCUT2D eigenvalue weighted by molar-refractivity contribution is 5.76. The Labute approximate surface area is 135 Å². The van der Waals surface area contributed by atoms with Crippen LogP contribution < -0.4 is 5.32 Å². The lowest BCUT2D eigenvalue weighted by molar-refractivity contribution is -0.133. The predicted molar refractivity (Wildman–Crippen MR) is 89.9 cm³/mol. The number of piperidine rings is 3. The van der Waals surface area contributed by atoms with Gasteiger partial charge in [-0.25, -0.2) is 0 Å². The Morgan fingerprint density at radius 3 is 2.27 bits per heavy atom. The van der Waals surface area contributed by atoms with Gasteiger partial charge in [0.05, 0.1) is 0 Å². The van der Waals surface area contributed by atoms with E-state index in [0.29, 0.717) is 5.91 Å². The van der Waals surface area contributed by atoms with Crippen molar-refractivity contribution in [1.29, 1.82) is 0 Å². The minimum Gasteiger partial charge on any atom is -0.343 e. The maximum Gasteiger partial charge on any atom is 0.222 e. The normalized spacial score (nSPS) is 26.3. The van der Waals surface area contributed by atoms with E-state index in [1.165, 1.54) is 58.0 Å². The van der Waals surface area contributed by atoms with Gasteiger partial charge in [0, 0.05) is 25.6 Å². The van der Waals surface area contributed by atoms with E-state index in [9.17, 15) is 4.79 Å². The first kappa shape index (κ1) is 16.3. The molecule has 4 nitrogen and oxygen atoms in total. The molecule has 0 spiro atoms. The van der Waals surface area contributed by atoms with Crippen LogP contribution >= 0.6 is 0 Å². The van der Waals surface area contributed by atoms with E-state index < -0.39 is 0 Å². The Bertz CT molecular complexity index is 340. The lowest BCUT2D eigenvalue weighted by Gasteiger charge is -2.40. The third kappa shape index (κ3) is 4.45. The van der Waals surface area contributed by atoms with Crippen LogP contribution in [0, 0.1) is 5.92 Å². The number of nitrogens with one attached hydrogen (secondary N) is 1. The molecule has 0 unspecified atom stereocenters. The number of likely N-dealkylation sites (tertiary alicyclic amines) is 2. The third-order valence-electron chi connectivity index (χ3n) is 5.95. The Morgan fingerprint density at radius 2 is 1.59 bits per heavy atom. The fraction of sp³-hybridized carbons (Fsp3) is 0.944. The summed E-state index contributed by atoms with van der Waals surface area (Å²) in [6, 6.07) is 0.744. The molecule has 3 fully saturated rings. The van der Waals surface area contributed by atoms with Gasteiger partial charge < -0.3 is 15.1 Å². The van der Waals surface area contributed by atoms with Crippen LogP contribution in [0.1, 0.15) is 57.8 Å². The van der Waals surface area contributed by atoms with Gasteiger partial charge in [-0.3, -0.25) is 4.79 Å². The van der Waals surface area contributed by atoms with E-state index in [-0.39, 0.29) is 0 Å². The van der Waals surface area contributed by atoms with Crippen LogP contribution in [0.5, 0.6) is 0 Å². The molecule has 126 valence electrons. The number of rotatable bonds is 4. The molecule has 3 aliphatic heterocycles. The second-order valence-corrected chi connectivity index (χ2v) is 7.44. The van der Waals surface area contributed by atoms with Crippen molar-refractivity contribution in [2.75, 3.05) is 39.3 Å². The van der Waals surface area contributed by atoms with E-state index in [1.807, 2.05) is 0 Å². The molecule has 0 radical (unpaired) electrons. The van der Waals surface area contributed by atoms with Gasteiger partial charge in [-0.05, 0) is 77.0 Å². The van der Waals surface area contributed by atoms with Gasteiger partial charge in [0.1, 0.15) is 0 Å². The van der Waals surface area contributed by atoms with Gasteiger partial charge in [0.15, 0.2) is 0 Å². The summed E-state index contributed by atoms with van der Waals surface area (Å²) in [5, 5.41) is 3.40. The smallest absolute Gasteiger partial charge is 0.222 e. The molecule has 3 rings (SSSR count). The summed E-state index contributed by atoms with van der Waals surface area (Å²) in [5.74, 6) is 1.19. The topological polar surface area (TPSA) is 35.6 Å². The van der Waals surface area contributed by atoms with Crippen LogP contribution in [0.25, 0.3) is 0 Å². The molecule has 22 heavy (non-hydrogen) atoms. The standard InChI is InChI=1S/C18H33N3O/c22-18(5-4-16-6-10-19-11-7-16)21-14-8-17(9-15-21)20-12-2-1-3-13-20/h16-17,19H,1-15H2. The average molecular weight is 307 g/mol. The van der Waals surface area contributed by atoms with Crippen molar-refractivity contribution in [3.8, 4) is 0 Å². The highest BCUT2D eigenvalue weighted by atomic mass is 16.2. The third-order valence-corrected chi connectivity index (χ3v) is 5.95. The summed E-state index contributed by atoms with van der Waals surface area (Å²) in [6.07, 6.45) is 10.9. The maximum atomic E-state index is 12.4. The molecule has 0 atom stereocenters. The van der Waals surface area contributed by atoms with Crippen LogP contribution in [0.3, 0.4) is 0 Å². The fourth-order valence-electron chi connectivity index (χ4n) is 4.42. The second kappa shape index (κ2) is 8.30. The Hall–Kier alpha value is -0.610. The summed E-state index contributed by atoms with van der Waals surface area (Å²) in [6.45, 7) is 6.83. The van der Waals surface area contributed by atoms with Crippen LogP contribution in [-0.2, 0) is 4.79 Å². The Morgan fingerprint density at radius 1 is 0.909 bits per heavy atom. The number of carbonyl (C=O) groups is 1. The van der Waals surface area contributed by atoms with Crippen LogP contribution in [0.15, 0.2) is 0 Å². The van der Waals surface area contributed by atoms with E-state index in [2.05, 4.69) is 15.1 Å². The summed E-state index contributed by atoms with van der Waals surface area (Å²) < 4.78 is 0. The highest BCUT2D eigenvalue weighted by Gasteiger charge is 2.27. The molecule has 3 heterocycles. The van der Waals surface area contributed by atoms with Crippen molar-refractivity contribution in [3.63, 3.8) is 0 Å². The van der Waals surface area contributed by atoms with E-state index >= 15 is 0 Å². The van der Waals surface area contributed by atoms with Crippen molar-refractivity contribution in [1.82, 2.24) is 15.1 Å². The van der Waals surface area contributed by atoms with Gasteiger partial charge >= 0.3 is 0 Å². The molecule has 0 aliphatic carbocycles. The van der Waals surface area contributed by atoms with Gasteiger partial charge in [-0.1, -0.05) is 6.42 Å². The van der Waals surface area contributed by atoms with Crippen LogP contribution in [-0.4, -0.2) is 61.0 Å². The zero-order chi connectivity index (χ0) is 15.2. The number of carbonyl (C=O) groups excluding carboxylic acids is 1. The molecule has 4 heteroatoms. The first-order valence-corrected chi connectivity index (χ1v) is 9.55. The molecule has 0 bridgehead atoms. The van der Waals surface area contributed by atoms with Gasteiger partial charge in [-0.15, -0.1) is 0 Å². The zero-order valence-corrected chi connectivity index (χ0v) is 14.1. The molecule has 0 aromatic heterocycles. The van der Waals surface area contributed by atoms with Crippen molar-refractivity contribution >= 4 is 5.91 Å². The molecule has 0 aromatic rings. The summed E-state index contributed by atoms with van der Waals surface area (Å²) in [4.78, 5) is 17.2. The fourth-order valence-corrected chi connectivity index (χ4v) is 4.42. The molecular formula is C18H33N3O. The molecule has 1 N–H and O–H groups in total. The lowest BCUT2D eigenvalue weighted by atomic mass is 9.92. The minimum atomic E-state index is 0.413. The lowest BCUT2D eigenvalue weighted by Crippen LogP contribution is -2.48. The molecule has 1 amide bonds. The SMILES string of the molecule is O=C(CCC1CCNCC1)N1CCC(N2CCCCC2)CC1. The number of hydrogen-bond donors (Lipinski definition) is 1. The van der Waals surface area contributed by atoms with Crippen LogP contribution in [0.4, 0.5) is 0 Å². The molecule has 3 saturated heterocycles. The molecule has 3 aliphatic rings. The largest absolute Gasteiger partial charge is 0.343 e. The Kier molecular flexibility index (Phi) is 6.13. The van der Waals surface area contributed by atoms with E-state index in [4.69, 9.17) is 0 Å². The van der Waals surface area contributed by atoms with Crippen molar-refractivity contribution in [2.24, 2.45) is 5.92 Å². The van der Waals surface area contributed by atoms with E-state index in [1.54, 1.807) is 0 Å². The summed E-state index contributed by atoms with van der Waals surface area (Å²) in [5.41, 5.74) is 0. The maximum absolute atomic E-state index is 12.4. The van der Waals surface area contributed by atoms with E-state index in [0.717, 1.165) is 51.0 Å². The quantitative estimate of drug-likeness (QED) is 0.865. The number of nitrogens with zero attached hydrogens (tertiary/aromatic N) is 2. The summed E-state index contributed by atoms with van der Waals surface area (Å²) >= 11 is 0. The highest BCUT2D eigenvalue weighted by Crippen LogP contribution is 2.23. The van der Waals surface area contributed by atoms with Crippen molar-refractivity contribution < 1.29 is 4.79 Å². The van der Waals surface area contributed by atoms with Gasteiger partial charge in [0.2, 0.25) is 5.91 Å². The van der Waals surface area contributed by atoms with Crippen molar-refractivity contribution in [2.45, 2.75) is 63.8 Å². The first-order valence-electron chi connectivity index (χ1n) is 9.55. The molecular weight excluding hydrogens is 274 g/mol. The first-order chi connectivity index (χ1) is 10.8. The molecule has 0 aromatic carbocycles. The van der Waals surface area contributed by atoms with Crippen LogP contribution in [0.2, 0.25) is 0 Å². The minimum absolute atomic E-state index is 0.413. The number of amides is 1. The monoisotopic (exact) mass is 307 g/mol. The average Bonchev–Trinajstić information content (AvgIpc) is 2.61. The van der Waals surface area contributed by atoms with Gasteiger partial charge in [0.25, 0.3) is 0 Å². The zero-order valence-electron chi connectivity index (χ0n) is 14.1. The summed E-state index contributed by atoms with van der Waals surface area (Å²) in [7, 11) is 0. The number of hydrogen-bond acceptors (Lipinski definition) is 3. The molecule has 0 saturated carbocycles.